The summed E-state index contributed by atoms with van der Waals surface area (Å²) in [6.45, 7) is 6.60. The highest BCUT2D eigenvalue weighted by atomic mass is 16.7. The molecule has 1 unspecified atom stereocenters. The van der Waals surface area contributed by atoms with Gasteiger partial charge in [-0.25, -0.2) is 0 Å². The van der Waals surface area contributed by atoms with Crippen molar-refractivity contribution >= 4 is 52.3 Å². The molecule has 1 fully saturated rings. The molecule has 10 N–H and O–H groups in total. The Hall–Kier alpha value is -8.80. The van der Waals surface area contributed by atoms with E-state index in [1.807, 2.05) is 42.5 Å². The molecule has 0 amide bonds. The molecule has 26 nitrogen and oxygen atoms in total. The number of hydrogen-bond acceptors (Lipinski definition) is 22. The number of methoxy groups -OCH3 is 4. The van der Waals surface area contributed by atoms with Gasteiger partial charge in [-0.05, 0) is 89.6 Å². The molecule has 0 bridgehead atoms. The van der Waals surface area contributed by atoms with E-state index in [1.165, 1.54) is 61.7 Å². The third-order valence-electron chi connectivity index (χ3n) is 14.7. The average molecular weight is 1290 g/mol. The number of ether oxygens (including phenoxy) is 12. The molecular formula is C66H80O26. The second-order valence-electron chi connectivity index (χ2n) is 20.8. The fourth-order valence-corrected chi connectivity index (χ4v) is 10.8. The molecule has 1 atom stereocenters. The van der Waals surface area contributed by atoms with Crippen LogP contribution in [0.2, 0.25) is 0 Å². The molecule has 0 radical (unpaired) electrons. The Labute approximate surface area is 530 Å². The number of fused-ring (bicyclic) bond motifs is 4. The summed E-state index contributed by atoms with van der Waals surface area (Å²) in [5, 5.41) is 19.2. The van der Waals surface area contributed by atoms with Crippen molar-refractivity contribution in [2.24, 2.45) is 0 Å². The van der Waals surface area contributed by atoms with Gasteiger partial charge in [0.2, 0.25) is 23.1 Å². The Balaban J connectivity index is 0.000000318. The molecule has 5 aliphatic rings. The van der Waals surface area contributed by atoms with E-state index in [9.17, 15) is 48.6 Å². The van der Waals surface area contributed by atoms with Crippen molar-refractivity contribution < 1.29 is 127 Å². The van der Waals surface area contributed by atoms with Crippen molar-refractivity contribution in [3.05, 3.63) is 133 Å². The van der Waals surface area contributed by atoms with Crippen LogP contribution in [-0.4, -0.2) is 167 Å². The highest BCUT2D eigenvalue weighted by Crippen LogP contribution is 2.47. The predicted molar refractivity (Wildman–Crippen MR) is 331 cm³/mol. The van der Waals surface area contributed by atoms with Gasteiger partial charge in [0, 0.05) is 72.9 Å². The van der Waals surface area contributed by atoms with Gasteiger partial charge in [-0.3, -0.25) is 38.4 Å². The molecule has 4 aliphatic heterocycles. The fourth-order valence-electron chi connectivity index (χ4n) is 10.8. The van der Waals surface area contributed by atoms with Crippen molar-refractivity contribution in [2.45, 2.75) is 85.2 Å². The SMILES string of the molecule is COCOc1c(C)c(C(C)=O)cc2c1C(=O)CO2.COCOc1c(C/C=C/c2ccccc2)c(C(C)=O)cc2c1C(=O)CO2.COCOc1c2c(cc(C(C)=O)c1C(O)CO)OCC2=O.COCOc1c2c(cc(C(C)=O)c1C1CCCCC1)OCC2=O.O.O.O.O. The van der Waals surface area contributed by atoms with Gasteiger partial charge >= 0.3 is 0 Å². The number of rotatable bonds is 22. The molecule has 500 valence electrons. The minimum atomic E-state index is -1.35. The normalized spacial score (nSPS) is 14.0. The van der Waals surface area contributed by atoms with Crippen molar-refractivity contribution in [3.63, 3.8) is 0 Å². The number of carbonyl (C=O) groups excluding carboxylic acids is 8. The molecule has 1 saturated carbocycles. The predicted octanol–water partition coefficient (Wildman–Crippen LogP) is 6.13. The van der Waals surface area contributed by atoms with E-state index in [0.717, 1.165) is 36.8 Å². The Morgan fingerprint density at radius 2 is 0.902 bits per heavy atom. The molecule has 92 heavy (non-hydrogen) atoms. The van der Waals surface area contributed by atoms with Crippen LogP contribution in [0.3, 0.4) is 0 Å². The summed E-state index contributed by atoms with van der Waals surface area (Å²) in [6, 6.07) is 16.2. The van der Waals surface area contributed by atoms with Crippen LogP contribution in [0.25, 0.3) is 6.08 Å². The zero-order valence-electron chi connectivity index (χ0n) is 52.7. The maximum absolute atomic E-state index is 12.2. The summed E-state index contributed by atoms with van der Waals surface area (Å²) >= 11 is 0. The molecule has 5 aromatic rings. The molecule has 0 saturated heterocycles. The summed E-state index contributed by atoms with van der Waals surface area (Å²) < 4.78 is 63.2. The lowest BCUT2D eigenvalue weighted by atomic mass is 9.80. The second kappa shape index (κ2) is 36.3. The molecular weight excluding hydrogens is 1210 g/mol. The van der Waals surface area contributed by atoms with Gasteiger partial charge < -0.3 is 89.0 Å². The lowest BCUT2D eigenvalue weighted by molar-refractivity contribution is 0.0434. The van der Waals surface area contributed by atoms with Crippen LogP contribution in [0, 0.1) is 6.92 Å². The summed E-state index contributed by atoms with van der Waals surface area (Å²) in [7, 11) is 5.92. The van der Waals surface area contributed by atoms with Gasteiger partial charge in [0.15, 0.2) is 76.7 Å². The van der Waals surface area contributed by atoms with E-state index in [-0.39, 0.29) is 156 Å². The smallest absolute Gasteiger partial charge is 0.207 e. The Kier molecular flexibility index (Phi) is 30.6. The van der Waals surface area contributed by atoms with Crippen LogP contribution in [0.15, 0.2) is 60.7 Å². The van der Waals surface area contributed by atoms with Crippen molar-refractivity contribution in [3.8, 4) is 46.0 Å². The number of aliphatic hydroxyl groups excluding tert-OH is 2. The first kappa shape index (κ1) is 77.4. The van der Waals surface area contributed by atoms with Gasteiger partial charge in [0.05, 0.1) is 6.61 Å². The van der Waals surface area contributed by atoms with E-state index >= 15 is 0 Å². The van der Waals surface area contributed by atoms with E-state index in [2.05, 4.69) is 0 Å². The highest BCUT2D eigenvalue weighted by Gasteiger charge is 2.37. The van der Waals surface area contributed by atoms with E-state index in [4.69, 9.17) is 56.8 Å². The number of hydrogen-bond donors (Lipinski definition) is 2. The van der Waals surface area contributed by atoms with E-state index in [0.29, 0.717) is 85.4 Å². The Morgan fingerprint density at radius 1 is 0.522 bits per heavy atom. The van der Waals surface area contributed by atoms with Crippen molar-refractivity contribution in [1.82, 2.24) is 0 Å². The number of ketones is 8. The minimum Gasteiger partial charge on any atom is -0.485 e. The zero-order chi connectivity index (χ0) is 63.8. The zero-order valence-corrected chi connectivity index (χ0v) is 52.7. The number of aliphatic hydroxyl groups is 2. The van der Waals surface area contributed by atoms with Crippen LogP contribution in [-0.2, 0) is 25.4 Å². The summed E-state index contributed by atoms with van der Waals surface area (Å²) in [4.78, 5) is 95.8. The summed E-state index contributed by atoms with van der Waals surface area (Å²) in [6.07, 6.45) is 8.51. The number of allylic oxidation sites excluding steroid dienone is 1. The molecule has 1 aliphatic carbocycles. The van der Waals surface area contributed by atoms with Crippen LogP contribution < -0.4 is 37.9 Å². The lowest BCUT2D eigenvalue weighted by Crippen LogP contribution is -2.15. The number of carbonyl (C=O) groups is 8. The third kappa shape index (κ3) is 17.8. The third-order valence-corrected chi connectivity index (χ3v) is 14.7. The number of Topliss-reactive ketones (excluding diaryl/α,β-unsaturated/α-hetero) is 8. The summed E-state index contributed by atoms with van der Waals surface area (Å²) in [5.74, 6) is 1.67. The quantitative estimate of drug-likeness (QED) is 0.0581. The Bertz CT molecular complexity index is 3490. The minimum absolute atomic E-state index is 0. The van der Waals surface area contributed by atoms with Crippen LogP contribution in [0.4, 0.5) is 0 Å². The van der Waals surface area contributed by atoms with Crippen LogP contribution in [0.5, 0.6) is 46.0 Å². The second-order valence-corrected chi connectivity index (χ2v) is 20.8. The largest absolute Gasteiger partial charge is 0.485 e. The topological polar surface area (TPSA) is 414 Å². The first-order valence-corrected chi connectivity index (χ1v) is 28.3. The molecule has 0 aromatic heterocycles. The van der Waals surface area contributed by atoms with E-state index < -0.39 is 12.7 Å². The fraction of sp³-hybridized carbons (Fsp3) is 0.394. The first-order chi connectivity index (χ1) is 42.3. The lowest BCUT2D eigenvalue weighted by Gasteiger charge is -2.27. The van der Waals surface area contributed by atoms with Gasteiger partial charge in [0.25, 0.3) is 0 Å². The maximum atomic E-state index is 12.2. The molecule has 10 rings (SSSR count). The van der Waals surface area contributed by atoms with Crippen molar-refractivity contribution in [1.29, 1.82) is 0 Å². The Morgan fingerprint density at radius 3 is 1.35 bits per heavy atom. The van der Waals surface area contributed by atoms with E-state index in [1.54, 1.807) is 32.0 Å². The molecule has 26 heteroatoms. The highest BCUT2D eigenvalue weighted by molar-refractivity contribution is 6.10. The monoisotopic (exact) mass is 1290 g/mol. The van der Waals surface area contributed by atoms with Gasteiger partial charge in [-0.2, -0.15) is 0 Å². The average Bonchev–Trinajstić information content (AvgIpc) is 1.52. The molecule has 4 heterocycles. The standard InChI is InChI=1S/C21H20O5.C18H22O5.C14H16O7.C13H14O5.4H2O/c1-14(22)17-11-19-20(18(23)12-25-19)21(26-13-24-2)16(17)10-6-9-15-7-4-3-5-8-15;1-11(19)13-8-15-17(14(20)9-22-15)18(23-10-21-2)16(13)12-6-4-3-5-7-12;1-7(16)8-3-11-13(10(18)5-20-11)14(21-6-19-2)12(8)9(17)4-15;1-7-9(8(2)14)4-11-12(10(15)5-17-11)13(7)18-6-16-3;;;;/h3-9,11H,10,12-13H2,1-2H3;8,12H,3-7,9-10H2,1-2H3;3,9,15,17H,4-6H2,1-2H3;4H,5-6H2,1-3H3;4*1H2/b9-6+;;;;;;;. The van der Waals surface area contributed by atoms with Crippen molar-refractivity contribution in [2.75, 3.05) is 88.6 Å². The molecule has 0 spiro atoms. The molecule has 5 aromatic carbocycles. The first-order valence-electron chi connectivity index (χ1n) is 28.3. The van der Waals surface area contributed by atoms with Crippen LogP contribution >= 0.6 is 0 Å². The van der Waals surface area contributed by atoms with Gasteiger partial charge in [-0.1, -0.05) is 61.7 Å². The summed E-state index contributed by atoms with van der Waals surface area (Å²) in [5.41, 5.74) is 6.42. The van der Waals surface area contributed by atoms with Gasteiger partial charge in [0.1, 0.15) is 74.4 Å². The van der Waals surface area contributed by atoms with Gasteiger partial charge in [-0.15, -0.1) is 0 Å². The maximum Gasteiger partial charge on any atom is 0.207 e. The number of benzene rings is 5. The van der Waals surface area contributed by atoms with Crippen LogP contribution in [0.1, 0.15) is 183 Å².